The van der Waals surface area contributed by atoms with E-state index in [0.717, 1.165) is 32.4 Å². The molecule has 0 radical (unpaired) electrons. The fourth-order valence-corrected chi connectivity index (χ4v) is 2.88. The van der Waals surface area contributed by atoms with Crippen LogP contribution in [0.4, 0.5) is 0 Å². The number of nitrogens with zero attached hydrogens (tertiary/aromatic N) is 1. The van der Waals surface area contributed by atoms with E-state index in [-0.39, 0.29) is 5.97 Å². The molecule has 0 saturated carbocycles. The highest BCUT2D eigenvalue weighted by molar-refractivity contribution is 5.91. The van der Waals surface area contributed by atoms with Gasteiger partial charge >= 0.3 is 5.97 Å². The van der Waals surface area contributed by atoms with Crippen molar-refractivity contribution < 1.29 is 9.53 Å². The van der Waals surface area contributed by atoms with Crippen molar-refractivity contribution >= 4 is 5.97 Å². The van der Waals surface area contributed by atoms with Gasteiger partial charge in [0, 0.05) is 0 Å². The Morgan fingerprint density at radius 1 is 1.20 bits per heavy atom. The molecule has 0 unspecified atom stereocenters. The minimum absolute atomic E-state index is 0.231. The molecule has 3 heteroatoms. The number of methoxy groups -OCH3 is 1. The van der Waals surface area contributed by atoms with Crippen LogP contribution in [0.3, 0.4) is 0 Å². The third-order valence-corrected chi connectivity index (χ3v) is 4.22. The second-order valence-corrected chi connectivity index (χ2v) is 5.70. The molecule has 1 aliphatic carbocycles. The van der Waals surface area contributed by atoms with Crippen LogP contribution in [0.15, 0.2) is 35.5 Å². The highest BCUT2D eigenvalue weighted by Crippen LogP contribution is 2.27. The zero-order valence-corrected chi connectivity index (χ0v) is 12.6. The van der Waals surface area contributed by atoms with E-state index in [1.807, 2.05) is 12.2 Å². The number of carbonyl (C=O) groups is 1. The predicted octanol–water partition coefficient (Wildman–Crippen LogP) is 3.09. The van der Waals surface area contributed by atoms with Gasteiger partial charge in [-0.2, -0.15) is 0 Å². The Morgan fingerprint density at radius 3 is 2.60 bits per heavy atom. The lowest BCUT2D eigenvalue weighted by molar-refractivity contribution is -0.135. The van der Waals surface area contributed by atoms with Gasteiger partial charge in [-0.15, -0.1) is 0 Å². The standard InChI is InChI=1S/C17H25NO2/c1-18-12-10-15(11-13-18)14-6-4-3-5-7-16(9-8-14)17(19)20-2/h6-9,15H,3-5,10-13H2,1-2H3/b9-8?,14-6-,16-7?. The summed E-state index contributed by atoms with van der Waals surface area (Å²) in [7, 11) is 3.62. The van der Waals surface area contributed by atoms with E-state index in [0.29, 0.717) is 11.5 Å². The second-order valence-electron chi connectivity index (χ2n) is 5.70. The molecule has 2 rings (SSSR count). The van der Waals surface area contributed by atoms with Crippen molar-refractivity contribution in [3.8, 4) is 0 Å². The molecule has 1 saturated heterocycles. The van der Waals surface area contributed by atoms with Crippen molar-refractivity contribution in [1.82, 2.24) is 4.90 Å². The third kappa shape index (κ3) is 4.07. The molecule has 0 N–H and O–H groups in total. The van der Waals surface area contributed by atoms with Crippen molar-refractivity contribution in [3.05, 3.63) is 35.5 Å². The van der Waals surface area contributed by atoms with Crippen molar-refractivity contribution in [2.45, 2.75) is 32.1 Å². The predicted molar refractivity (Wildman–Crippen MR) is 81.4 cm³/mol. The van der Waals surface area contributed by atoms with Gasteiger partial charge in [-0.3, -0.25) is 0 Å². The number of likely N-dealkylation sites (tertiary alicyclic amines) is 1. The van der Waals surface area contributed by atoms with Crippen molar-refractivity contribution in [2.75, 3.05) is 27.2 Å². The first-order chi connectivity index (χ1) is 9.70. The highest BCUT2D eigenvalue weighted by atomic mass is 16.5. The smallest absolute Gasteiger partial charge is 0.337 e. The van der Waals surface area contributed by atoms with Gasteiger partial charge in [0.25, 0.3) is 0 Å². The maximum atomic E-state index is 11.7. The Balaban J connectivity index is 2.10. The maximum Gasteiger partial charge on any atom is 0.337 e. The van der Waals surface area contributed by atoms with Crippen molar-refractivity contribution in [1.29, 1.82) is 0 Å². The van der Waals surface area contributed by atoms with E-state index in [4.69, 9.17) is 4.74 Å². The Labute approximate surface area is 122 Å². The summed E-state index contributed by atoms with van der Waals surface area (Å²) in [6.07, 6.45) is 14.0. The number of esters is 1. The Bertz CT molecular complexity index is 426. The molecule has 0 aromatic carbocycles. The van der Waals surface area contributed by atoms with Crippen LogP contribution in [-0.4, -0.2) is 38.1 Å². The van der Waals surface area contributed by atoms with Gasteiger partial charge in [-0.05, 0) is 69.8 Å². The average molecular weight is 275 g/mol. The van der Waals surface area contributed by atoms with Crippen LogP contribution in [0, 0.1) is 5.92 Å². The fourth-order valence-electron chi connectivity index (χ4n) is 2.88. The van der Waals surface area contributed by atoms with Crippen LogP contribution in [0.5, 0.6) is 0 Å². The lowest BCUT2D eigenvalue weighted by Crippen LogP contribution is -2.30. The third-order valence-electron chi connectivity index (χ3n) is 4.22. The second kappa shape index (κ2) is 7.44. The first-order valence-electron chi connectivity index (χ1n) is 7.56. The molecule has 20 heavy (non-hydrogen) atoms. The van der Waals surface area contributed by atoms with Crippen LogP contribution < -0.4 is 0 Å². The summed E-state index contributed by atoms with van der Waals surface area (Å²) in [6.45, 7) is 2.32. The lowest BCUT2D eigenvalue weighted by atomic mass is 9.88. The summed E-state index contributed by atoms with van der Waals surface area (Å²) < 4.78 is 4.84. The molecule has 0 amide bonds. The number of allylic oxidation sites excluding steroid dienone is 4. The summed E-state index contributed by atoms with van der Waals surface area (Å²) in [5.74, 6) is 0.408. The molecular formula is C17H25NO2. The van der Waals surface area contributed by atoms with Gasteiger partial charge in [0.15, 0.2) is 0 Å². The number of carbonyl (C=O) groups excluding carboxylic acids is 1. The zero-order chi connectivity index (χ0) is 14.4. The number of piperidine rings is 1. The molecule has 1 aliphatic heterocycles. The SMILES string of the molecule is COC(=O)C1=CCCC/C=C(\C2CCN(C)CC2)C=C1. The van der Waals surface area contributed by atoms with Crippen LogP contribution >= 0.6 is 0 Å². The average Bonchev–Trinajstić information content (AvgIpc) is 2.59. The maximum absolute atomic E-state index is 11.7. The number of ether oxygens (including phenoxy) is 1. The fraction of sp³-hybridized carbons (Fsp3) is 0.588. The van der Waals surface area contributed by atoms with Gasteiger partial charge in [-0.25, -0.2) is 4.79 Å². The molecule has 3 nitrogen and oxygen atoms in total. The van der Waals surface area contributed by atoms with Crippen LogP contribution in [0.1, 0.15) is 32.1 Å². The summed E-state index contributed by atoms with van der Waals surface area (Å²) in [4.78, 5) is 14.1. The van der Waals surface area contributed by atoms with E-state index in [1.54, 1.807) is 0 Å². The molecule has 0 aromatic heterocycles. The minimum atomic E-state index is -0.231. The van der Waals surface area contributed by atoms with E-state index < -0.39 is 0 Å². The number of hydrogen-bond donors (Lipinski definition) is 0. The topological polar surface area (TPSA) is 29.5 Å². The quantitative estimate of drug-likeness (QED) is 0.725. The van der Waals surface area contributed by atoms with E-state index in [2.05, 4.69) is 24.1 Å². The first kappa shape index (κ1) is 15.0. The van der Waals surface area contributed by atoms with Crippen molar-refractivity contribution in [3.63, 3.8) is 0 Å². The zero-order valence-electron chi connectivity index (χ0n) is 12.6. The van der Waals surface area contributed by atoms with Crippen molar-refractivity contribution in [2.24, 2.45) is 5.92 Å². The Hall–Kier alpha value is -1.35. The minimum Gasteiger partial charge on any atom is -0.465 e. The number of rotatable bonds is 2. The summed E-state index contributed by atoms with van der Waals surface area (Å²) in [5, 5.41) is 0. The van der Waals surface area contributed by atoms with Gasteiger partial charge in [0.05, 0.1) is 12.7 Å². The first-order valence-corrected chi connectivity index (χ1v) is 7.56. The Kier molecular flexibility index (Phi) is 5.60. The molecule has 1 heterocycles. The normalized spacial score (nSPS) is 24.9. The van der Waals surface area contributed by atoms with Gasteiger partial charge in [-0.1, -0.05) is 18.2 Å². The molecule has 2 aliphatic rings. The van der Waals surface area contributed by atoms with Crippen LogP contribution in [0.25, 0.3) is 0 Å². The van der Waals surface area contributed by atoms with E-state index in [1.165, 1.54) is 25.5 Å². The van der Waals surface area contributed by atoms with Gasteiger partial charge in [0.1, 0.15) is 0 Å². The van der Waals surface area contributed by atoms with Gasteiger partial charge < -0.3 is 9.64 Å². The molecule has 1 fully saturated rings. The molecule has 0 spiro atoms. The van der Waals surface area contributed by atoms with E-state index in [9.17, 15) is 4.79 Å². The van der Waals surface area contributed by atoms with Gasteiger partial charge in [0.2, 0.25) is 0 Å². The number of hydrogen-bond acceptors (Lipinski definition) is 3. The summed E-state index contributed by atoms with van der Waals surface area (Å²) >= 11 is 0. The highest BCUT2D eigenvalue weighted by Gasteiger charge is 2.19. The van der Waals surface area contributed by atoms with E-state index >= 15 is 0 Å². The summed E-state index contributed by atoms with van der Waals surface area (Å²) in [5.41, 5.74) is 2.09. The molecule has 0 atom stereocenters. The largest absolute Gasteiger partial charge is 0.465 e. The van der Waals surface area contributed by atoms with Crippen LogP contribution in [-0.2, 0) is 9.53 Å². The Morgan fingerprint density at radius 2 is 1.90 bits per heavy atom. The van der Waals surface area contributed by atoms with Crippen LogP contribution in [0.2, 0.25) is 0 Å². The molecule has 110 valence electrons. The molecule has 0 aromatic rings. The molecular weight excluding hydrogens is 250 g/mol. The molecule has 0 bridgehead atoms. The monoisotopic (exact) mass is 275 g/mol. The summed E-state index contributed by atoms with van der Waals surface area (Å²) in [6, 6.07) is 0. The lowest BCUT2D eigenvalue weighted by Gasteiger charge is -2.29.